The lowest BCUT2D eigenvalue weighted by Gasteiger charge is -2.20. The van der Waals surface area contributed by atoms with E-state index in [2.05, 4.69) is 17.1 Å². The molecule has 0 bridgehead atoms. The van der Waals surface area contributed by atoms with Gasteiger partial charge in [-0.2, -0.15) is 0 Å². The van der Waals surface area contributed by atoms with E-state index < -0.39 is 16.7 Å². The molecule has 2 rings (SSSR count). The summed E-state index contributed by atoms with van der Waals surface area (Å²) in [6, 6.07) is 5.73. The van der Waals surface area contributed by atoms with Gasteiger partial charge in [0.05, 0.1) is 4.92 Å². The Hall–Kier alpha value is -3.49. The van der Waals surface area contributed by atoms with Gasteiger partial charge in [0, 0.05) is 29.8 Å². The van der Waals surface area contributed by atoms with Gasteiger partial charge in [-0.1, -0.05) is 17.3 Å². The number of nitrogens with zero attached hydrogens (tertiary/aromatic N) is 3. The summed E-state index contributed by atoms with van der Waals surface area (Å²) in [6.07, 6.45) is 1.47. The predicted molar refractivity (Wildman–Crippen MR) is 93.8 cm³/mol. The highest BCUT2D eigenvalue weighted by atomic mass is 16.6. The Balaban J connectivity index is 2.16. The zero-order valence-corrected chi connectivity index (χ0v) is 14.4. The summed E-state index contributed by atoms with van der Waals surface area (Å²) in [4.78, 5) is 36.5. The fraction of sp³-hybridized carbons (Fsp3) is 0.235. The van der Waals surface area contributed by atoms with Crippen molar-refractivity contribution < 1.29 is 19.0 Å². The lowest BCUT2D eigenvalue weighted by Crippen LogP contribution is -2.38. The number of nitro benzene ring substituents is 1. The fourth-order valence-corrected chi connectivity index (χ4v) is 2.28. The molecule has 0 atom stereocenters. The van der Waals surface area contributed by atoms with E-state index in [-0.39, 0.29) is 30.2 Å². The summed E-state index contributed by atoms with van der Waals surface area (Å²) in [5.74, 6) is -0.217. The van der Waals surface area contributed by atoms with Crippen LogP contribution in [0.3, 0.4) is 0 Å². The minimum atomic E-state index is -0.552. The van der Waals surface area contributed by atoms with Crippen molar-refractivity contribution in [2.45, 2.75) is 13.8 Å². The van der Waals surface area contributed by atoms with Crippen molar-refractivity contribution in [3.05, 3.63) is 63.9 Å². The molecule has 1 aromatic carbocycles. The molecule has 1 heterocycles. The molecule has 0 aliphatic heterocycles. The smallest absolute Gasteiger partial charge is 0.273 e. The Kier molecular flexibility index (Phi) is 5.84. The topological polar surface area (TPSA) is 119 Å². The highest BCUT2D eigenvalue weighted by molar-refractivity contribution is 5.99. The van der Waals surface area contributed by atoms with Crippen molar-refractivity contribution in [2.24, 2.45) is 0 Å². The van der Waals surface area contributed by atoms with Crippen molar-refractivity contribution in [1.29, 1.82) is 0 Å². The van der Waals surface area contributed by atoms with E-state index in [4.69, 9.17) is 4.52 Å². The predicted octanol–water partition coefficient (Wildman–Crippen LogP) is 2.47. The number of rotatable bonds is 7. The van der Waals surface area contributed by atoms with E-state index in [0.717, 1.165) is 0 Å². The van der Waals surface area contributed by atoms with Crippen molar-refractivity contribution in [2.75, 3.05) is 18.4 Å². The average molecular weight is 358 g/mol. The van der Waals surface area contributed by atoms with E-state index in [0.29, 0.717) is 11.3 Å². The molecule has 1 aromatic heterocycles. The van der Waals surface area contributed by atoms with Crippen LogP contribution in [0.5, 0.6) is 0 Å². The number of amides is 2. The van der Waals surface area contributed by atoms with Crippen LogP contribution in [0.2, 0.25) is 0 Å². The number of anilines is 1. The van der Waals surface area contributed by atoms with Crippen molar-refractivity contribution in [3.63, 3.8) is 0 Å². The molecule has 0 unspecified atom stereocenters. The van der Waals surface area contributed by atoms with Crippen LogP contribution in [0.25, 0.3) is 0 Å². The van der Waals surface area contributed by atoms with Crippen LogP contribution in [0.15, 0.2) is 41.4 Å². The summed E-state index contributed by atoms with van der Waals surface area (Å²) in [5.41, 5.74) is 0.409. The molecule has 0 aliphatic carbocycles. The average Bonchev–Trinajstić information content (AvgIpc) is 2.98. The summed E-state index contributed by atoms with van der Waals surface area (Å²) in [7, 11) is 0. The maximum absolute atomic E-state index is 12.7. The van der Waals surface area contributed by atoms with E-state index in [1.54, 1.807) is 19.9 Å². The molecule has 2 aromatic rings. The zero-order valence-electron chi connectivity index (χ0n) is 14.4. The van der Waals surface area contributed by atoms with Gasteiger partial charge in [0.25, 0.3) is 11.6 Å². The second-order valence-corrected chi connectivity index (χ2v) is 5.60. The van der Waals surface area contributed by atoms with Crippen LogP contribution in [0.4, 0.5) is 11.5 Å². The molecule has 26 heavy (non-hydrogen) atoms. The Morgan fingerprint density at radius 1 is 1.38 bits per heavy atom. The van der Waals surface area contributed by atoms with E-state index in [9.17, 15) is 19.7 Å². The first-order chi connectivity index (χ1) is 12.3. The molecule has 136 valence electrons. The first-order valence-corrected chi connectivity index (χ1v) is 7.70. The molecular weight excluding hydrogens is 340 g/mol. The van der Waals surface area contributed by atoms with Gasteiger partial charge in [-0.15, -0.1) is 6.58 Å². The van der Waals surface area contributed by atoms with Crippen molar-refractivity contribution >= 4 is 23.3 Å². The van der Waals surface area contributed by atoms with Gasteiger partial charge in [0.15, 0.2) is 5.82 Å². The molecule has 0 saturated heterocycles. The van der Waals surface area contributed by atoms with Crippen LogP contribution in [-0.2, 0) is 4.79 Å². The lowest BCUT2D eigenvalue weighted by atomic mass is 10.1. The van der Waals surface area contributed by atoms with Gasteiger partial charge >= 0.3 is 0 Å². The van der Waals surface area contributed by atoms with Crippen molar-refractivity contribution in [1.82, 2.24) is 10.1 Å². The summed E-state index contributed by atoms with van der Waals surface area (Å²) in [6.45, 7) is 6.67. The maximum atomic E-state index is 12.7. The number of aromatic nitrogens is 1. The van der Waals surface area contributed by atoms with Gasteiger partial charge < -0.3 is 14.7 Å². The van der Waals surface area contributed by atoms with E-state index >= 15 is 0 Å². The quantitative estimate of drug-likeness (QED) is 0.461. The van der Waals surface area contributed by atoms with Gasteiger partial charge in [-0.25, -0.2) is 0 Å². The van der Waals surface area contributed by atoms with Crippen LogP contribution >= 0.6 is 0 Å². The van der Waals surface area contributed by atoms with Crippen molar-refractivity contribution in [3.8, 4) is 0 Å². The second-order valence-electron chi connectivity index (χ2n) is 5.60. The van der Waals surface area contributed by atoms with Crippen LogP contribution in [-0.4, -0.2) is 39.9 Å². The molecule has 0 fully saturated rings. The number of hydrogen-bond acceptors (Lipinski definition) is 6. The van der Waals surface area contributed by atoms with Crippen LogP contribution in [0.1, 0.15) is 21.7 Å². The number of benzene rings is 1. The normalized spacial score (nSPS) is 10.2. The standard InChI is InChI=1S/C17H18N4O5/c1-4-7-20(10-16(22)18-15-8-12(3)26-19-15)17(23)13-6-5-11(2)14(9-13)21(24)25/h4-6,8-9H,1,7,10H2,2-3H3,(H,18,19,22). The highest BCUT2D eigenvalue weighted by Gasteiger charge is 2.21. The van der Waals surface area contributed by atoms with E-state index in [1.807, 2.05) is 0 Å². The molecular formula is C17H18N4O5. The minimum absolute atomic E-state index is 0.103. The number of carbonyl (C=O) groups is 2. The van der Waals surface area contributed by atoms with Gasteiger partial charge in [0.2, 0.25) is 5.91 Å². The molecule has 0 spiro atoms. The molecule has 9 heteroatoms. The third-order valence-corrected chi connectivity index (χ3v) is 3.52. The minimum Gasteiger partial charge on any atom is -0.360 e. The number of nitro groups is 1. The van der Waals surface area contributed by atoms with Gasteiger partial charge in [-0.3, -0.25) is 19.7 Å². The SMILES string of the molecule is C=CCN(CC(=O)Nc1cc(C)on1)C(=O)c1ccc(C)c([N+](=O)[O-])c1. The lowest BCUT2D eigenvalue weighted by molar-refractivity contribution is -0.385. The number of aryl methyl sites for hydroxylation is 2. The third-order valence-electron chi connectivity index (χ3n) is 3.52. The zero-order chi connectivity index (χ0) is 19.3. The molecule has 0 radical (unpaired) electrons. The molecule has 0 aliphatic rings. The van der Waals surface area contributed by atoms with Crippen LogP contribution < -0.4 is 5.32 Å². The summed E-state index contributed by atoms with van der Waals surface area (Å²) in [5, 5.41) is 17.2. The van der Waals surface area contributed by atoms with Gasteiger partial charge in [-0.05, 0) is 19.9 Å². The molecule has 9 nitrogen and oxygen atoms in total. The Morgan fingerprint density at radius 3 is 2.69 bits per heavy atom. The number of nitrogens with one attached hydrogen (secondary N) is 1. The molecule has 1 N–H and O–H groups in total. The van der Waals surface area contributed by atoms with Gasteiger partial charge in [0.1, 0.15) is 12.3 Å². The fourth-order valence-electron chi connectivity index (χ4n) is 2.28. The first-order valence-electron chi connectivity index (χ1n) is 7.70. The Morgan fingerprint density at radius 2 is 2.12 bits per heavy atom. The summed E-state index contributed by atoms with van der Waals surface area (Å²) < 4.78 is 4.86. The van der Waals surface area contributed by atoms with Crippen LogP contribution in [0, 0.1) is 24.0 Å². The highest BCUT2D eigenvalue weighted by Crippen LogP contribution is 2.20. The molecule has 2 amide bonds. The number of carbonyl (C=O) groups excluding carboxylic acids is 2. The second kappa shape index (κ2) is 8.06. The Bertz CT molecular complexity index is 859. The molecule has 0 saturated carbocycles. The largest absolute Gasteiger partial charge is 0.360 e. The Labute approximate surface area is 149 Å². The third kappa shape index (κ3) is 4.53. The summed E-state index contributed by atoms with van der Waals surface area (Å²) >= 11 is 0. The monoisotopic (exact) mass is 358 g/mol. The first kappa shape index (κ1) is 18.8. The van der Waals surface area contributed by atoms with E-state index in [1.165, 1.54) is 29.2 Å². The number of hydrogen-bond donors (Lipinski definition) is 1. The maximum Gasteiger partial charge on any atom is 0.273 e.